The van der Waals surface area contributed by atoms with Crippen molar-refractivity contribution in [2.45, 2.75) is 12.5 Å². The van der Waals surface area contributed by atoms with Crippen molar-refractivity contribution < 1.29 is 4.79 Å². The molecule has 2 N–H and O–H groups in total. The number of benzene rings is 2. The van der Waals surface area contributed by atoms with Crippen molar-refractivity contribution in [3.63, 3.8) is 0 Å². The average molecular weight is 252 g/mol. The first-order valence-electron chi connectivity index (χ1n) is 6.46. The molecule has 1 amide bonds. The molecule has 0 radical (unpaired) electrons. The number of hydrogen-bond acceptors (Lipinski definition) is 2. The molecule has 3 nitrogen and oxygen atoms in total. The average Bonchev–Trinajstić information content (AvgIpc) is 2.79. The van der Waals surface area contributed by atoms with Crippen molar-refractivity contribution in [2.75, 3.05) is 11.4 Å². The molecule has 1 fully saturated rings. The standard InChI is InChI=1S/C16H16N2O/c17-13-10-16(19)18(11-13)15-9-5-4-8-14(15)12-6-2-1-3-7-12/h1-9,13H,10-11,17H2. The minimum atomic E-state index is -0.0590. The van der Waals surface area contributed by atoms with E-state index in [0.29, 0.717) is 13.0 Å². The van der Waals surface area contributed by atoms with Gasteiger partial charge in [-0.05, 0) is 11.6 Å². The Hall–Kier alpha value is -2.13. The summed E-state index contributed by atoms with van der Waals surface area (Å²) in [6.07, 6.45) is 0.434. The van der Waals surface area contributed by atoms with Gasteiger partial charge >= 0.3 is 0 Å². The molecule has 0 saturated carbocycles. The number of nitrogens with two attached hydrogens (primary N) is 1. The maximum Gasteiger partial charge on any atom is 0.228 e. The lowest BCUT2D eigenvalue weighted by atomic mass is 10.0. The van der Waals surface area contributed by atoms with Gasteiger partial charge in [0, 0.05) is 24.6 Å². The summed E-state index contributed by atoms with van der Waals surface area (Å²) in [7, 11) is 0. The maximum absolute atomic E-state index is 12.0. The van der Waals surface area contributed by atoms with Crippen molar-refractivity contribution in [2.24, 2.45) is 5.73 Å². The van der Waals surface area contributed by atoms with E-state index in [4.69, 9.17) is 5.73 Å². The number of carbonyl (C=O) groups excluding carboxylic acids is 1. The lowest BCUT2D eigenvalue weighted by molar-refractivity contribution is -0.117. The number of anilines is 1. The van der Waals surface area contributed by atoms with Crippen LogP contribution in [0.15, 0.2) is 54.6 Å². The summed E-state index contributed by atoms with van der Waals surface area (Å²) in [5, 5.41) is 0. The molecule has 0 aliphatic carbocycles. The van der Waals surface area contributed by atoms with Crippen molar-refractivity contribution >= 4 is 11.6 Å². The summed E-state index contributed by atoms with van der Waals surface area (Å²) in [6, 6.07) is 18.0. The summed E-state index contributed by atoms with van der Waals surface area (Å²) in [5.41, 5.74) is 9.02. The van der Waals surface area contributed by atoms with Gasteiger partial charge in [-0.1, -0.05) is 48.5 Å². The lowest BCUT2D eigenvalue weighted by Crippen LogP contribution is -2.28. The molecule has 0 bridgehead atoms. The zero-order chi connectivity index (χ0) is 13.2. The molecule has 1 unspecified atom stereocenters. The van der Waals surface area contributed by atoms with Gasteiger partial charge in [0.25, 0.3) is 0 Å². The highest BCUT2D eigenvalue weighted by Gasteiger charge is 2.29. The van der Waals surface area contributed by atoms with E-state index in [0.717, 1.165) is 16.8 Å². The molecule has 1 heterocycles. The Labute approximate surface area is 112 Å². The smallest absolute Gasteiger partial charge is 0.228 e. The zero-order valence-electron chi connectivity index (χ0n) is 10.6. The minimum absolute atomic E-state index is 0.0590. The Kier molecular flexibility index (Phi) is 3.05. The van der Waals surface area contributed by atoms with Crippen LogP contribution in [-0.4, -0.2) is 18.5 Å². The first kappa shape index (κ1) is 11.9. The van der Waals surface area contributed by atoms with Crippen LogP contribution in [0.1, 0.15) is 6.42 Å². The third-order valence-corrected chi connectivity index (χ3v) is 3.43. The molecule has 2 aromatic carbocycles. The van der Waals surface area contributed by atoms with Gasteiger partial charge < -0.3 is 10.6 Å². The number of rotatable bonds is 2. The monoisotopic (exact) mass is 252 g/mol. The van der Waals surface area contributed by atoms with Gasteiger partial charge in [-0.15, -0.1) is 0 Å². The Morgan fingerprint density at radius 2 is 1.68 bits per heavy atom. The van der Waals surface area contributed by atoms with E-state index >= 15 is 0 Å². The van der Waals surface area contributed by atoms with Crippen molar-refractivity contribution in [1.29, 1.82) is 0 Å². The minimum Gasteiger partial charge on any atom is -0.326 e. The molecule has 3 heteroatoms. The van der Waals surface area contributed by atoms with Crippen LogP contribution in [0.4, 0.5) is 5.69 Å². The van der Waals surface area contributed by atoms with E-state index in [-0.39, 0.29) is 11.9 Å². The fourth-order valence-electron chi connectivity index (χ4n) is 2.54. The highest BCUT2D eigenvalue weighted by Crippen LogP contribution is 2.32. The van der Waals surface area contributed by atoms with Gasteiger partial charge in [-0.2, -0.15) is 0 Å². The molecular formula is C16H16N2O. The molecule has 2 aromatic rings. The van der Waals surface area contributed by atoms with E-state index in [2.05, 4.69) is 12.1 Å². The van der Waals surface area contributed by atoms with Gasteiger partial charge in [0.1, 0.15) is 0 Å². The van der Waals surface area contributed by atoms with Crippen LogP contribution in [-0.2, 0) is 4.79 Å². The van der Waals surface area contributed by atoms with E-state index < -0.39 is 0 Å². The Bertz CT molecular complexity index is 595. The van der Waals surface area contributed by atoms with Crippen LogP contribution in [0.2, 0.25) is 0 Å². The predicted molar refractivity (Wildman–Crippen MR) is 76.8 cm³/mol. The first-order chi connectivity index (χ1) is 9.25. The second-order valence-electron chi connectivity index (χ2n) is 4.85. The van der Waals surface area contributed by atoms with Gasteiger partial charge in [-0.3, -0.25) is 4.79 Å². The topological polar surface area (TPSA) is 46.3 Å². The van der Waals surface area contributed by atoms with E-state index in [9.17, 15) is 4.79 Å². The first-order valence-corrected chi connectivity index (χ1v) is 6.46. The number of carbonyl (C=O) groups is 1. The van der Waals surface area contributed by atoms with Crippen LogP contribution >= 0.6 is 0 Å². The van der Waals surface area contributed by atoms with Crippen LogP contribution in [0.25, 0.3) is 11.1 Å². The summed E-state index contributed by atoms with van der Waals surface area (Å²) in [6.45, 7) is 0.600. The van der Waals surface area contributed by atoms with Crippen LogP contribution in [0, 0.1) is 0 Å². The van der Waals surface area contributed by atoms with Gasteiger partial charge in [0.15, 0.2) is 0 Å². The molecule has 0 aromatic heterocycles. The molecule has 1 aliphatic rings. The lowest BCUT2D eigenvalue weighted by Gasteiger charge is -2.20. The van der Waals surface area contributed by atoms with Crippen molar-refractivity contribution in [3.05, 3.63) is 54.6 Å². The van der Waals surface area contributed by atoms with Gasteiger partial charge in [0.2, 0.25) is 5.91 Å². The zero-order valence-corrected chi connectivity index (χ0v) is 10.6. The summed E-state index contributed by atoms with van der Waals surface area (Å²) in [4.78, 5) is 13.8. The Balaban J connectivity index is 2.06. The number of hydrogen-bond donors (Lipinski definition) is 1. The predicted octanol–water partition coefficient (Wildman–Crippen LogP) is 2.42. The van der Waals surface area contributed by atoms with E-state index in [1.807, 2.05) is 42.5 Å². The fourth-order valence-corrected chi connectivity index (χ4v) is 2.54. The third kappa shape index (κ3) is 2.25. The van der Waals surface area contributed by atoms with E-state index in [1.54, 1.807) is 4.90 Å². The largest absolute Gasteiger partial charge is 0.326 e. The Morgan fingerprint density at radius 1 is 1.00 bits per heavy atom. The van der Waals surface area contributed by atoms with Crippen LogP contribution < -0.4 is 10.6 Å². The fraction of sp³-hybridized carbons (Fsp3) is 0.188. The van der Waals surface area contributed by atoms with Crippen molar-refractivity contribution in [3.8, 4) is 11.1 Å². The summed E-state index contributed by atoms with van der Waals surface area (Å²) >= 11 is 0. The molecule has 19 heavy (non-hydrogen) atoms. The van der Waals surface area contributed by atoms with Crippen LogP contribution in [0.3, 0.4) is 0 Å². The van der Waals surface area contributed by atoms with E-state index in [1.165, 1.54) is 0 Å². The van der Waals surface area contributed by atoms with Crippen LogP contribution in [0.5, 0.6) is 0 Å². The maximum atomic E-state index is 12.0. The molecule has 0 spiro atoms. The Morgan fingerprint density at radius 3 is 2.37 bits per heavy atom. The normalized spacial score (nSPS) is 18.9. The molecule has 1 saturated heterocycles. The van der Waals surface area contributed by atoms with Crippen molar-refractivity contribution in [1.82, 2.24) is 0 Å². The highest BCUT2D eigenvalue weighted by molar-refractivity contribution is 6.00. The SMILES string of the molecule is NC1CC(=O)N(c2ccccc2-c2ccccc2)C1. The molecule has 1 atom stereocenters. The number of para-hydroxylation sites is 1. The molecule has 96 valence electrons. The second-order valence-corrected chi connectivity index (χ2v) is 4.85. The third-order valence-electron chi connectivity index (χ3n) is 3.43. The molecule has 3 rings (SSSR count). The highest BCUT2D eigenvalue weighted by atomic mass is 16.2. The molecule has 1 aliphatic heterocycles. The number of amides is 1. The molecular weight excluding hydrogens is 236 g/mol. The summed E-state index contributed by atoms with van der Waals surface area (Å²) < 4.78 is 0. The summed E-state index contributed by atoms with van der Waals surface area (Å²) in [5.74, 6) is 0.107. The quantitative estimate of drug-likeness (QED) is 0.892. The van der Waals surface area contributed by atoms with Gasteiger partial charge in [-0.25, -0.2) is 0 Å². The number of nitrogens with zero attached hydrogens (tertiary/aromatic N) is 1. The second kappa shape index (κ2) is 4.86. The van der Waals surface area contributed by atoms with Gasteiger partial charge in [0.05, 0.1) is 5.69 Å².